The van der Waals surface area contributed by atoms with E-state index in [0.29, 0.717) is 42.0 Å². The number of amides is 2. The predicted octanol–water partition coefficient (Wildman–Crippen LogP) is 5.15. The predicted molar refractivity (Wildman–Crippen MR) is 127 cm³/mol. The fraction of sp³-hybridized carbons (Fsp3) is 0.417. The molecule has 2 aromatic rings. The van der Waals surface area contributed by atoms with Crippen LogP contribution in [0.1, 0.15) is 38.3 Å². The van der Waals surface area contributed by atoms with Crippen molar-refractivity contribution in [2.24, 2.45) is 5.92 Å². The van der Waals surface area contributed by atoms with Crippen LogP contribution in [0.15, 0.2) is 54.6 Å². The first-order valence-corrected chi connectivity index (χ1v) is 11.9. The molecule has 6 heteroatoms. The van der Waals surface area contributed by atoms with Gasteiger partial charge in [-0.3, -0.25) is 9.59 Å². The minimum atomic E-state index is -0.489. The van der Waals surface area contributed by atoms with Gasteiger partial charge in [0.15, 0.2) is 0 Å². The van der Waals surface area contributed by atoms with Gasteiger partial charge in [0.1, 0.15) is 6.04 Å². The van der Waals surface area contributed by atoms with Crippen LogP contribution in [0.5, 0.6) is 0 Å². The third kappa shape index (κ3) is 7.69. The molecule has 30 heavy (non-hydrogen) atoms. The largest absolute Gasteiger partial charge is 0.354 e. The van der Waals surface area contributed by atoms with Crippen molar-refractivity contribution in [2.45, 2.75) is 45.5 Å². The van der Waals surface area contributed by atoms with Crippen molar-refractivity contribution in [3.8, 4) is 0 Å². The Hall–Kier alpha value is -1.98. The Morgan fingerprint density at radius 2 is 1.73 bits per heavy atom. The Bertz CT molecular complexity index is 814. The Labute approximate surface area is 189 Å². The molecule has 0 unspecified atom stereocenters. The summed E-state index contributed by atoms with van der Waals surface area (Å²) in [5.74, 6) is 1.18. The van der Waals surface area contributed by atoms with Gasteiger partial charge in [-0.1, -0.05) is 80.9 Å². The minimum Gasteiger partial charge on any atom is -0.354 e. The summed E-state index contributed by atoms with van der Waals surface area (Å²) in [6.45, 7) is 7.07. The van der Waals surface area contributed by atoms with Crippen LogP contribution in [0.4, 0.5) is 0 Å². The van der Waals surface area contributed by atoms with Crippen molar-refractivity contribution in [3.05, 3.63) is 70.7 Å². The van der Waals surface area contributed by atoms with Crippen LogP contribution in [-0.4, -0.2) is 35.1 Å². The lowest BCUT2D eigenvalue weighted by molar-refractivity contribution is -0.139. The van der Waals surface area contributed by atoms with Crippen LogP contribution in [0.3, 0.4) is 0 Å². The molecule has 0 fully saturated rings. The summed E-state index contributed by atoms with van der Waals surface area (Å²) in [5.41, 5.74) is 2.02. The van der Waals surface area contributed by atoms with E-state index in [1.54, 1.807) is 4.90 Å². The molecule has 4 nitrogen and oxygen atoms in total. The maximum absolute atomic E-state index is 13.2. The zero-order valence-corrected chi connectivity index (χ0v) is 19.5. The molecule has 0 aliphatic carbocycles. The van der Waals surface area contributed by atoms with E-state index in [1.165, 1.54) is 11.8 Å². The van der Waals surface area contributed by atoms with Gasteiger partial charge < -0.3 is 10.2 Å². The monoisotopic (exact) mass is 446 g/mol. The molecule has 0 heterocycles. The van der Waals surface area contributed by atoms with Gasteiger partial charge in [-0.2, -0.15) is 0 Å². The fourth-order valence-electron chi connectivity index (χ4n) is 3.07. The maximum Gasteiger partial charge on any atom is 0.242 e. The van der Waals surface area contributed by atoms with Crippen molar-refractivity contribution in [3.63, 3.8) is 0 Å². The van der Waals surface area contributed by atoms with Gasteiger partial charge in [0.2, 0.25) is 11.8 Å². The third-order valence-corrected chi connectivity index (χ3v) is 6.04. The summed E-state index contributed by atoms with van der Waals surface area (Å²) < 4.78 is 0. The number of halogens is 1. The molecule has 1 atom stereocenters. The first kappa shape index (κ1) is 24.3. The summed E-state index contributed by atoms with van der Waals surface area (Å²) in [4.78, 5) is 27.7. The van der Waals surface area contributed by atoms with Crippen molar-refractivity contribution in [1.82, 2.24) is 10.2 Å². The molecule has 2 aromatic carbocycles. The topological polar surface area (TPSA) is 49.4 Å². The highest BCUT2D eigenvalue weighted by Crippen LogP contribution is 2.22. The van der Waals surface area contributed by atoms with E-state index < -0.39 is 6.04 Å². The Morgan fingerprint density at radius 3 is 2.37 bits per heavy atom. The van der Waals surface area contributed by atoms with Crippen molar-refractivity contribution >= 4 is 35.2 Å². The molecule has 0 saturated carbocycles. The lowest BCUT2D eigenvalue weighted by Crippen LogP contribution is -2.50. The first-order chi connectivity index (χ1) is 14.4. The Kier molecular flexibility index (Phi) is 10.2. The maximum atomic E-state index is 13.2. The molecule has 0 radical (unpaired) electrons. The van der Waals surface area contributed by atoms with E-state index in [1.807, 2.05) is 61.5 Å². The van der Waals surface area contributed by atoms with Gasteiger partial charge in [0, 0.05) is 23.9 Å². The second-order valence-corrected chi connectivity index (χ2v) is 9.05. The lowest BCUT2D eigenvalue weighted by atomic mass is 10.1. The normalized spacial score (nSPS) is 11.9. The SMILES string of the molecule is CC[C@H](C(=O)NCC(C)C)N(Cc1ccccc1)C(=O)CSCc1ccccc1Cl. The molecule has 162 valence electrons. The summed E-state index contributed by atoms with van der Waals surface area (Å²) in [7, 11) is 0. The molecule has 0 aliphatic heterocycles. The number of hydrogen-bond donors (Lipinski definition) is 1. The van der Waals surface area contributed by atoms with Crippen LogP contribution < -0.4 is 5.32 Å². The molecule has 0 saturated heterocycles. The second kappa shape index (κ2) is 12.7. The van der Waals surface area contributed by atoms with Crippen LogP contribution >= 0.6 is 23.4 Å². The molecular weight excluding hydrogens is 416 g/mol. The van der Waals surface area contributed by atoms with Gasteiger partial charge in [-0.05, 0) is 29.5 Å². The summed E-state index contributed by atoms with van der Waals surface area (Å²) in [5, 5.41) is 3.69. The van der Waals surface area contributed by atoms with Crippen LogP contribution in [0, 0.1) is 5.92 Å². The lowest BCUT2D eigenvalue weighted by Gasteiger charge is -2.31. The van der Waals surface area contributed by atoms with Gasteiger partial charge in [-0.15, -0.1) is 11.8 Å². The number of rotatable bonds is 11. The highest BCUT2D eigenvalue weighted by Gasteiger charge is 2.28. The van der Waals surface area contributed by atoms with Crippen LogP contribution in [0.25, 0.3) is 0 Å². The zero-order valence-electron chi connectivity index (χ0n) is 17.9. The van der Waals surface area contributed by atoms with Gasteiger partial charge in [0.05, 0.1) is 5.75 Å². The highest BCUT2D eigenvalue weighted by molar-refractivity contribution is 7.99. The van der Waals surface area contributed by atoms with E-state index in [9.17, 15) is 9.59 Å². The first-order valence-electron chi connectivity index (χ1n) is 10.3. The van der Waals surface area contributed by atoms with Crippen LogP contribution in [0.2, 0.25) is 5.02 Å². The molecule has 0 spiro atoms. The van der Waals surface area contributed by atoms with E-state index >= 15 is 0 Å². The van der Waals surface area contributed by atoms with Crippen molar-refractivity contribution in [1.29, 1.82) is 0 Å². The number of carbonyl (C=O) groups is 2. The van der Waals surface area contributed by atoms with Gasteiger partial charge in [0.25, 0.3) is 0 Å². The molecule has 1 N–H and O–H groups in total. The molecule has 2 rings (SSSR count). The average molecular weight is 447 g/mol. The number of hydrogen-bond acceptors (Lipinski definition) is 3. The Morgan fingerprint density at radius 1 is 1.07 bits per heavy atom. The van der Waals surface area contributed by atoms with Gasteiger partial charge in [-0.25, -0.2) is 0 Å². The van der Waals surface area contributed by atoms with E-state index in [4.69, 9.17) is 11.6 Å². The number of benzene rings is 2. The van der Waals surface area contributed by atoms with E-state index in [2.05, 4.69) is 19.2 Å². The minimum absolute atomic E-state index is 0.0394. The Balaban J connectivity index is 2.09. The fourth-order valence-corrected chi connectivity index (χ4v) is 4.26. The molecule has 0 bridgehead atoms. The van der Waals surface area contributed by atoms with Gasteiger partial charge >= 0.3 is 0 Å². The van der Waals surface area contributed by atoms with E-state index in [-0.39, 0.29) is 11.8 Å². The average Bonchev–Trinajstić information content (AvgIpc) is 2.74. The third-order valence-electron chi connectivity index (χ3n) is 4.71. The number of nitrogens with one attached hydrogen (secondary N) is 1. The molecule has 0 aromatic heterocycles. The summed E-state index contributed by atoms with van der Waals surface area (Å²) >= 11 is 7.74. The summed E-state index contributed by atoms with van der Waals surface area (Å²) in [6, 6.07) is 17.0. The highest BCUT2D eigenvalue weighted by atomic mass is 35.5. The standard InChI is InChI=1S/C24H31ClN2O2S/c1-4-22(24(29)26-14-18(2)3)27(15-19-10-6-5-7-11-19)23(28)17-30-16-20-12-8-9-13-21(20)25/h5-13,18,22H,4,14-17H2,1-3H3,(H,26,29)/t22-/m1/s1. The molecule has 0 aliphatic rings. The molecular formula is C24H31ClN2O2S. The number of thioether (sulfide) groups is 1. The molecule has 2 amide bonds. The van der Waals surface area contributed by atoms with Crippen molar-refractivity contribution < 1.29 is 9.59 Å². The van der Waals surface area contributed by atoms with Crippen LogP contribution in [-0.2, 0) is 21.9 Å². The quantitative estimate of drug-likeness (QED) is 0.519. The van der Waals surface area contributed by atoms with Crippen molar-refractivity contribution in [2.75, 3.05) is 12.3 Å². The number of carbonyl (C=O) groups excluding carboxylic acids is 2. The smallest absolute Gasteiger partial charge is 0.242 e. The second-order valence-electron chi connectivity index (χ2n) is 7.65. The van der Waals surface area contributed by atoms with E-state index in [0.717, 1.165) is 11.1 Å². The number of nitrogens with zero attached hydrogens (tertiary/aromatic N) is 1. The zero-order chi connectivity index (χ0) is 21.9. The summed E-state index contributed by atoms with van der Waals surface area (Å²) in [6.07, 6.45) is 0.567.